The molecule has 1 aromatic rings. The van der Waals surface area contributed by atoms with Crippen LogP contribution in [0.3, 0.4) is 0 Å². The highest BCUT2D eigenvalue weighted by atomic mass is 35.5. The first-order valence-corrected chi connectivity index (χ1v) is 7.28. The summed E-state index contributed by atoms with van der Waals surface area (Å²) in [4.78, 5) is 0. The number of hydrogen-bond donors (Lipinski definition) is 1. The topological polar surface area (TPSA) is 21.3 Å². The maximum atomic E-state index is 6.16. The summed E-state index contributed by atoms with van der Waals surface area (Å²) >= 11 is 12.0. The molecule has 1 heterocycles. The Morgan fingerprint density at radius 3 is 2.89 bits per heavy atom. The van der Waals surface area contributed by atoms with Crippen LogP contribution in [0.25, 0.3) is 0 Å². The van der Waals surface area contributed by atoms with E-state index in [-0.39, 0.29) is 6.10 Å². The van der Waals surface area contributed by atoms with E-state index in [1.54, 1.807) is 6.07 Å². The monoisotopic (exact) mass is 287 g/mol. The highest BCUT2D eigenvalue weighted by molar-refractivity contribution is 6.35. The fourth-order valence-corrected chi connectivity index (χ4v) is 2.86. The number of benzene rings is 1. The fourth-order valence-electron chi connectivity index (χ4n) is 2.40. The van der Waals surface area contributed by atoms with E-state index in [4.69, 9.17) is 27.9 Å². The first kappa shape index (κ1) is 14.0. The minimum atomic E-state index is 0.240. The molecule has 1 N–H and O–H groups in total. The molecule has 0 radical (unpaired) electrons. The lowest BCUT2D eigenvalue weighted by Gasteiger charge is -2.24. The Hall–Kier alpha value is -0.440. The summed E-state index contributed by atoms with van der Waals surface area (Å²) in [6, 6.07) is 5.41. The Morgan fingerprint density at radius 1 is 1.44 bits per heavy atom. The lowest BCUT2D eigenvalue weighted by molar-refractivity contribution is 0.132. The zero-order valence-electron chi connectivity index (χ0n) is 10.6. The Kier molecular flexibility index (Phi) is 5.16. The van der Waals surface area contributed by atoms with Crippen LogP contribution in [-0.2, 0) is 0 Å². The van der Waals surface area contributed by atoms with Gasteiger partial charge in [-0.1, -0.05) is 36.5 Å². The zero-order valence-corrected chi connectivity index (χ0v) is 12.1. The van der Waals surface area contributed by atoms with Gasteiger partial charge >= 0.3 is 0 Å². The van der Waals surface area contributed by atoms with Gasteiger partial charge in [-0.3, -0.25) is 0 Å². The van der Waals surface area contributed by atoms with E-state index < -0.39 is 0 Å². The Bertz CT molecular complexity index is 391. The molecule has 18 heavy (non-hydrogen) atoms. The molecule has 100 valence electrons. The van der Waals surface area contributed by atoms with Crippen LogP contribution in [0.2, 0.25) is 10.0 Å². The predicted molar refractivity (Wildman–Crippen MR) is 76.8 cm³/mol. The summed E-state index contributed by atoms with van der Waals surface area (Å²) in [6.45, 7) is 4.31. The minimum absolute atomic E-state index is 0.240. The number of ether oxygens (including phenoxy) is 1. The third-order valence-corrected chi connectivity index (χ3v) is 3.90. The van der Waals surface area contributed by atoms with Gasteiger partial charge in [-0.25, -0.2) is 0 Å². The van der Waals surface area contributed by atoms with E-state index in [0.29, 0.717) is 16.0 Å². The highest BCUT2D eigenvalue weighted by Crippen LogP contribution is 2.31. The van der Waals surface area contributed by atoms with E-state index in [2.05, 4.69) is 12.2 Å². The summed E-state index contributed by atoms with van der Waals surface area (Å²) in [5.41, 5.74) is 0. The van der Waals surface area contributed by atoms with Crippen molar-refractivity contribution in [1.82, 2.24) is 5.32 Å². The first-order valence-electron chi connectivity index (χ1n) is 6.53. The van der Waals surface area contributed by atoms with Gasteiger partial charge < -0.3 is 10.1 Å². The van der Waals surface area contributed by atoms with Crippen LogP contribution in [0.15, 0.2) is 18.2 Å². The van der Waals surface area contributed by atoms with Crippen molar-refractivity contribution in [2.24, 2.45) is 5.92 Å². The van der Waals surface area contributed by atoms with Crippen molar-refractivity contribution in [3.8, 4) is 5.75 Å². The van der Waals surface area contributed by atoms with E-state index in [9.17, 15) is 0 Å². The van der Waals surface area contributed by atoms with Crippen LogP contribution in [0, 0.1) is 5.92 Å². The SMILES string of the molecule is CCC[C@@H](Oc1ccc(Cl)cc1Cl)[C@H]1CCNC1. The van der Waals surface area contributed by atoms with Gasteiger partial charge in [-0.15, -0.1) is 0 Å². The van der Waals surface area contributed by atoms with Gasteiger partial charge in [0.1, 0.15) is 11.9 Å². The first-order chi connectivity index (χ1) is 8.70. The van der Waals surface area contributed by atoms with Crippen molar-refractivity contribution in [1.29, 1.82) is 0 Å². The molecule has 2 nitrogen and oxygen atoms in total. The Morgan fingerprint density at radius 2 is 2.28 bits per heavy atom. The number of nitrogens with one attached hydrogen (secondary N) is 1. The van der Waals surface area contributed by atoms with Crippen molar-refractivity contribution in [3.63, 3.8) is 0 Å². The summed E-state index contributed by atoms with van der Waals surface area (Å²) in [6.07, 6.45) is 3.59. The molecule has 0 amide bonds. The van der Waals surface area contributed by atoms with Gasteiger partial charge in [-0.05, 0) is 37.6 Å². The summed E-state index contributed by atoms with van der Waals surface area (Å²) in [5.74, 6) is 1.32. The summed E-state index contributed by atoms with van der Waals surface area (Å²) < 4.78 is 6.09. The summed E-state index contributed by atoms with van der Waals surface area (Å²) in [7, 11) is 0. The second-order valence-electron chi connectivity index (χ2n) is 4.77. The van der Waals surface area contributed by atoms with E-state index in [1.807, 2.05) is 12.1 Å². The molecule has 4 heteroatoms. The van der Waals surface area contributed by atoms with Crippen LogP contribution in [0.4, 0.5) is 0 Å². The van der Waals surface area contributed by atoms with Crippen LogP contribution >= 0.6 is 23.2 Å². The van der Waals surface area contributed by atoms with Crippen LogP contribution in [-0.4, -0.2) is 19.2 Å². The predicted octanol–water partition coefficient (Wildman–Crippen LogP) is 4.15. The van der Waals surface area contributed by atoms with Crippen LogP contribution in [0.1, 0.15) is 26.2 Å². The molecule has 1 fully saturated rings. The third kappa shape index (κ3) is 3.53. The van der Waals surface area contributed by atoms with Gasteiger partial charge in [0.15, 0.2) is 0 Å². The van der Waals surface area contributed by atoms with Crippen LogP contribution in [0.5, 0.6) is 5.75 Å². The summed E-state index contributed by atoms with van der Waals surface area (Å²) in [5, 5.41) is 4.62. The molecule has 2 rings (SSSR count). The molecule has 0 aromatic heterocycles. The van der Waals surface area contributed by atoms with Crippen molar-refractivity contribution >= 4 is 23.2 Å². The Labute approximate surface area is 119 Å². The smallest absolute Gasteiger partial charge is 0.138 e. The van der Waals surface area contributed by atoms with Gasteiger partial charge in [0.25, 0.3) is 0 Å². The van der Waals surface area contributed by atoms with Crippen molar-refractivity contribution in [2.75, 3.05) is 13.1 Å². The highest BCUT2D eigenvalue weighted by Gasteiger charge is 2.26. The molecule has 0 bridgehead atoms. The molecular weight excluding hydrogens is 269 g/mol. The quantitative estimate of drug-likeness (QED) is 0.878. The standard InChI is InChI=1S/C14H19Cl2NO/c1-2-3-13(10-6-7-17-9-10)18-14-5-4-11(15)8-12(14)16/h4-5,8,10,13,17H,2-3,6-7,9H2,1H3/t10-,13+/m0/s1. The molecular formula is C14H19Cl2NO. The molecule has 1 saturated heterocycles. The van der Waals surface area contributed by atoms with Crippen LogP contribution < -0.4 is 10.1 Å². The van der Waals surface area contributed by atoms with Crippen molar-refractivity contribution < 1.29 is 4.74 Å². The van der Waals surface area contributed by atoms with Crippen molar-refractivity contribution in [3.05, 3.63) is 28.2 Å². The average Bonchev–Trinajstić information content (AvgIpc) is 2.85. The molecule has 1 aliphatic heterocycles. The molecule has 0 aliphatic carbocycles. The second-order valence-corrected chi connectivity index (χ2v) is 5.62. The molecule has 1 aromatic carbocycles. The second kappa shape index (κ2) is 6.65. The fraction of sp³-hybridized carbons (Fsp3) is 0.571. The Balaban J connectivity index is 2.07. The molecule has 0 saturated carbocycles. The van der Waals surface area contributed by atoms with Gasteiger partial charge in [0.05, 0.1) is 5.02 Å². The molecule has 1 aliphatic rings. The maximum Gasteiger partial charge on any atom is 0.138 e. The van der Waals surface area contributed by atoms with Gasteiger partial charge in [-0.2, -0.15) is 0 Å². The minimum Gasteiger partial charge on any atom is -0.489 e. The van der Waals surface area contributed by atoms with E-state index in [1.165, 1.54) is 6.42 Å². The van der Waals surface area contributed by atoms with E-state index >= 15 is 0 Å². The lowest BCUT2D eigenvalue weighted by Crippen LogP contribution is -2.28. The molecule has 0 spiro atoms. The zero-order chi connectivity index (χ0) is 13.0. The molecule has 2 atom stereocenters. The average molecular weight is 288 g/mol. The van der Waals surface area contributed by atoms with Gasteiger partial charge in [0, 0.05) is 17.5 Å². The molecule has 0 unspecified atom stereocenters. The van der Waals surface area contributed by atoms with Crippen molar-refractivity contribution in [2.45, 2.75) is 32.3 Å². The van der Waals surface area contributed by atoms with E-state index in [0.717, 1.165) is 31.7 Å². The van der Waals surface area contributed by atoms with Gasteiger partial charge in [0.2, 0.25) is 0 Å². The third-order valence-electron chi connectivity index (χ3n) is 3.37. The number of rotatable bonds is 5. The number of halogens is 2. The normalized spacial score (nSPS) is 20.9. The maximum absolute atomic E-state index is 6.16. The largest absolute Gasteiger partial charge is 0.489 e. The number of hydrogen-bond acceptors (Lipinski definition) is 2. The lowest BCUT2D eigenvalue weighted by atomic mass is 9.97.